The van der Waals surface area contributed by atoms with Crippen molar-refractivity contribution in [2.24, 2.45) is 0 Å². The molecular formula is C26H31ClN4O3. The Morgan fingerprint density at radius 3 is 2.56 bits per heavy atom. The molecule has 1 heterocycles. The van der Waals surface area contributed by atoms with Gasteiger partial charge in [0.15, 0.2) is 0 Å². The molecule has 3 aliphatic rings. The van der Waals surface area contributed by atoms with E-state index < -0.39 is 11.6 Å². The number of carbonyl (C=O) groups is 2. The van der Waals surface area contributed by atoms with Gasteiger partial charge < -0.3 is 20.2 Å². The van der Waals surface area contributed by atoms with Gasteiger partial charge in [-0.1, -0.05) is 35.9 Å². The Hall–Kier alpha value is -2.77. The smallest absolute Gasteiger partial charge is 0.404 e. The summed E-state index contributed by atoms with van der Waals surface area (Å²) < 4.78 is 0. The molecule has 34 heavy (non-hydrogen) atoms. The number of fused-ring (bicyclic) bond motifs is 1. The minimum atomic E-state index is -1.00. The second-order valence-corrected chi connectivity index (χ2v) is 9.97. The first-order valence-corrected chi connectivity index (χ1v) is 12.5. The van der Waals surface area contributed by atoms with Gasteiger partial charge in [-0.3, -0.25) is 10.1 Å². The van der Waals surface area contributed by atoms with E-state index in [0.29, 0.717) is 24.2 Å². The number of para-hydroxylation sites is 2. The number of aryl methyl sites for hydroxylation is 1. The lowest BCUT2D eigenvalue weighted by Crippen LogP contribution is -2.53. The standard InChI is InChI=1S/C26H31ClN4O3/c27-21-10-7-18(4-3-13-28-25(33)34)16-19(21)17-29-26(11-12-26)24(32)31-15-14-30(20-8-9-20)22-5-1-2-6-23(22)31/h1-2,5-7,10,16,20,28-29H,3-4,8-9,11-15,17H2,(H,33,34). The van der Waals surface area contributed by atoms with Crippen LogP contribution in [-0.4, -0.2) is 48.3 Å². The molecule has 2 aromatic carbocycles. The maximum Gasteiger partial charge on any atom is 0.404 e. The summed E-state index contributed by atoms with van der Waals surface area (Å²) in [5, 5.41) is 15.3. The number of hydrogen-bond donors (Lipinski definition) is 3. The summed E-state index contributed by atoms with van der Waals surface area (Å²) in [7, 11) is 0. The monoisotopic (exact) mass is 482 g/mol. The molecular weight excluding hydrogens is 452 g/mol. The molecule has 2 fully saturated rings. The SMILES string of the molecule is O=C(O)NCCCc1ccc(Cl)c(CNC2(C(=O)N3CCN(C4CC4)c4ccccc43)CC2)c1. The first kappa shape index (κ1) is 23.0. The summed E-state index contributed by atoms with van der Waals surface area (Å²) in [6.07, 6.45) is 4.61. The maximum atomic E-state index is 13.7. The molecule has 0 atom stereocenters. The van der Waals surface area contributed by atoms with Crippen LogP contribution in [0.3, 0.4) is 0 Å². The Balaban J connectivity index is 1.24. The average molecular weight is 483 g/mol. The number of hydrogen-bond acceptors (Lipinski definition) is 4. The van der Waals surface area contributed by atoms with Crippen LogP contribution in [0.4, 0.5) is 16.2 Å². The first-order valence-electron chi connectivity index (χ1n) is 12.1. The number of nitrogens with one attached hydrogen (secondary N) is 2. The van der Waals surface area contributed by atoms with Crippen LogP contribution < -0.4 is 20.4 Å². The van der Waals surface area contributed by atoms with Gasteiger partial charge in [-0.15, -0.1) is 0 Å². The third-order valence-corrected chi connectivity index (χ3v) is 7.45. The molecule has 0 unspecified atom stereocenters. The van der Waals surface area contributed by atoms with Crippen molar-refractivity contribution in [1.29, 1.82) is 0 Å². The van der Waals surface area contributed by atoms with Crippen LogP contribution in [0.5, 0.6) is 0 Å². The molecule has 2 amide bonds. The van der Waals surface area contributed by atoms with Crippen molar-refractivity contribution in [2.75, 3.05) is 29.4 Å². The van der Waals surface area contributed by atoms with Gasteiger partial charge in [0.05, 0.1) is 16.9 Å². The molecule has 1 aliphatic heterocycles. The van der Waals surface area contributed by atoms with E-state index in [-0.39, 0.29) is 5.91 Å². The maximum absolute atomic E-state index is 13.7. The lowest BCUT2D eigenvalue weighted by molar-refractivity contribution is -0.121. The van der Waals surface area contributed by atoms with Gasteiger partial charge in [-0.25, -0.2) is 4.79 Å². The van der Waals surface area contributed by atoms with Crippen molar-refractivity contribution in [2.45, 2.75) is 56.7 Å². The Morgan fingerprint density at radius 1 is 1.09 bits per heavy atom. The Labute approximate surface area is 205 Å². The number of amides is 2. The largest absolute Gasteiger partial charge is 0.465 e. The van der Waals surface area contributed by atoms with Crippen molar-refractivity contribution in [1.82, 2.24) is 10.6 Å². The molecule has 2 aliphatic carbocycles. The lowest BCUT2D eigenvalue weighted by atomic mass is 10.1. The summed E-state index contributed by atoms with van der Waals surface area (Å²) in [5.74, 6) is 0.155. The highest BCUT2D eigenvalue weighted by Crippen LogP contribution is 2.44. The number of benzene rings is 2. The number of anilines is 2. The first-order chi connectivity index (χ1) is 16.5. The van der Waals surface area contributed by atoms with Crippen LogP contribution >= 0.6 is 11.6 Å². The molecule has 7 nitrogen and oxygen atoms in total. The highest BCUT2D eigenvalue weighted by Gasteiger charge is 2.52. The predicted molar refractivity (Wildman–Crippen MR) is 134 cm³/mol. The highest BCUT2D eigenvalue weighted by molar-refractivity contribution is 6.31. The van der Waals surface area contributed by atoms with Gasteiger partial charge in [-0.05, 0) is 67.9 Å². The van der Waals surface area contributed by atoms with Crippen LogP contribution in [0, 0.1) is 0 Å². The molecule has 0 radical (unpaired) electrons. The Kier molecular flexibility index (Phi) is 6.40. The van der Waals surface area contributed by atoms with E-state index >= 15 is 0 Å². The summed E-state index contributed by atoms with van der Waals surface area (Å²) in [4.78, 5) is 28.7. The molecule has 0 spiro atoms. The van der Waals surface area contributed by atoms with E-state index in [4.69, 9.17) is 16.7 Å². The minimum Gasteiger partial charge on any atom is -0.465 e. The zero-order valence-electron chi connectivity index (χ0n) is 19.2. The van der Waals surface area contributed by atoms with Gasteiger partial charge in [0, 0.05) is 37.2 Å². The zero-order valence-corrected chi connectivity index (χ0v) is 20.0. The molecule has 3 N–H and O–H groups in total. The average Bonchev–Trinajstić information content (AvgIpc) is 3.76. The molecule has 5 rings (SSSR count). The number of halogens is 1. The van der Waals surface area contributed by atoms with Crippen molar-refractivity contribution in [3.8, 4) is 0 Å². The fraction of sp³-hybridized carbons (Fsp3) is 0.462. The van der Waals surface area contributed by atoms with Crippen LogP contribution in [0.15, 0.2) is 42.5 Å². The summed E-state index contributed by atoms with van der Waals surface area (Å²) in [6, 6.07) is 14.8. The number of rotatable bonds is 9. The third kappa shape index (κ3) is 4.86. The van der Waals surface area contributed by atoms with Crippen molar-refractivity contribution in [3.63, 3.8) is 0 Å². The predicted octanol–water partition coefficient (Wildman–Crippen LogP) is 4.18. The van der Waals surface area contributed by atoms with Crippen molar-refractivity contribution >= 4 is 35.0 Å². The molecule has 180 valence electrons. The Bertz CT molecular complexity index is 1080. The van der Waals surface area contributed by atoms with Crippen molar-refractivity contribution < 1.29 is 14.7 Å². The van der Waals surface area contributed by atoms with Crippen LogP contribution in [-0.2, 0) is 17.8 Å². The van der Waals surface area contributed by atoms with Gasteiger partial charge in [0.1, 0.15) is 0 Å². The highest BCUT2D eigenvalue weighted by atomic mass is 35.5. The van der Waals surface area contributed by atoms with Gasteiger partial charge in [-0.2, -0.15) is 0 Å². The van der Waals surface area contributed by atoms with Crippen LogP contribution in [0.2, 0.25) is 5.02 Å². The fourth-order valence-corrected chi connectivity index (χ4v) is 5.07. The summed E-state index contributed by atoms with van der Waals surface area (Å²) >= 11 is 6.46. The van der Waals surface area contributed by atoms with E-state index in [1.54, 1.807) is 0 Å². The zero-order chi connectivity index (χ0) is 23.7. The second-order valence-electron chi connectivity index (χ2n) is 9.57. The quantitative estimate of drug-likeness (QED) is 0.467. The van der Waals surface area contributed by atoms with E-state index in [0.717, 1.165) is 55.6 Å². The van der Waals surface area contributed by atoms with Crippen LogP contribution in [0.25, 0.3) is 0 Å². The molecule has 0 saturated heterocycles. The van der Waals surface area contributed by atoms with Gasteiger partial charge in [0.2, 0.25) is 5.91 Å². The lowest BCUT2D eigenvalue weighted by Gasteiger charge is -2.39. The summed E-state index contributed by atoms with van der Waals surface area (Å²) in [5.41, 5.74) is 3.74. The number of nitrogens with zero attached hydrogens (tertiary/aromatic N) is 2. The van der Waals surface area contributed by atoms with E-state index in [1.807, 2.05) is 23.1 Å². The van der Waals surface area contributed by atoms with Gasteiger partial charge >= 0.3 is 6.09 Å². The molecule has 0 aromatic heterocycles. The van der Waals surface area contributed by atoms with Crippen LogP contribution in [0.1, 0.15) is 43.2 Å². The second kappa shape index (κ2) is 9.47. The van der Waals surface area contributed by atoms with E-state index in [1.165, 1.54) is 18.5 Å². The number of carbonyl (C=O) groups excluding carboxylic acids is 1. The van der Waals surface area contributed by atoms with Crippen molar-refractivity contribution in [3.05, 3.63) is 58.6 Å². The summed E-state index contributed by atoms with van der Waals surface area (Å²) in [6.45, 7) is 2.54. The Morgan fingerprint density at radius 2 is 1.85 bits per heavy atom. The minimum absolute atomic E-state index is 0.155. The molecule has 8 heteroatoms. The fourth-order valence-electron chi connectivity index (χ4n) is 4.88. The van der Waals surface area contributed by atoms with E-state index in [2.05, 4.69) is 39.8 Å². The molecule has 2 aromatic rings. The third-order valence-electron chi connectivity index (χ3n) is 7.08. The molecule has 2 saturated carbocycles. The number of carboxylic acid groups (broad SMARTS) is 1. The van der Waals surface area contributed by atoms with E-state index in [9.17, 15) is 9.59 Å². The van der Waals surface area contributed by atoms with Gasteiger partial charge in [0.25, 0.3) is 0 Å². The normalized spacial score (nSPS) is 18.4. The molecule has 0 bridgehead atoms. The topological polar surface area (TPSA) is 84.9 Å².